The van der Waals surface area contributed by atoms with E-state index in [0.717, 1.165) is 4.57 Å². The zero-order valence-electron chi connectivity index (χ0n) is 26.0. The highest BCUT2D eigenvalue weighted by Crippen LogP contribution is 2.44. The number of hydrogen-bond donors (Lipinski definition) is 1. The SMILES string of the molecule is C=CC(=O)N1[C@H](C)CN(c2c(C#N)c(=O)n(-c3c(C)ccnc3C(C)C)c3nc(-c4c(O)c(F)c(Cl)c(F)c4F)c(Cl)cc23)C[C@@H]1C. The van der Waals surface area contributed by atoms with Crippen LogP contribution in [0.5, 0.6) is 5.75 Å². The number of rotatable bonds is 5. The van der Waals surface area contributed by atoms with Crippen molar-refractivity contribution in [3.05, 3.63) is 85.7 Å². The number of anilines is 1. The summed E-state index contributed by atoms with van der Waals surface area (Å²) in [4.78, 5) is 39.5. The minimum atomic E-state index is -1.77. The molecule has 9 nitrogen and oxygen atoms in total. The molecule has 1 fully saturated rings. The van der Waals surface area contributed by atoms with Gasteiger partial charge in [0.25, 0.3) is 5.56 Å². The van der Waals surface area contributed by atoms with Crippen LogP contribution in [0.2, 0.25) is 10.0 Å². The number of benzene rings is 1. The maximum Gasteiger partial charge on any atom is 0.276 e. The Morgan fingerprint density at radius 3 is 2.36 bits per heavy atom. The van der Waals surface area contributed by atoms with Crippen LogP contribution in [0, 0.1) is 35.7 Å². The van der Waals surface area contributed by atoms with Gasteiger partial charge in [-0.05, 0) is 50.5 Å². The van der Waals surface area contributed by atoms with Gasteiger partial charge >= 0.3 is 0 Å². The number of carbonyl (C=O) groups is 1. The third-order valence-corrected chi connectivity index (χ3v) is 8.88. The average molecular weight is 686 g/mol. The fourth-order valence-electron chi connectivity index (χ4n) is 6.25. The zero-order chi connectivity index (χ0) is 34.6. The van der Waals surface area contributed by atoms with E-state index in [2.05, 4.69) is 16.5 Å². The van der Waals surface area contributed by atoms with Crippen LogP contribution >= 0.6 is 23.2 Å². The van der Waals surface area contributed by atoms with Gasteiger partial charge in [-0.2, -0.15) is 5.26 Å². The molecule has 0 aliphatic carbocycles. The molecule has 0 unspecified atom stereocenters. The molecule has 3 aromatic heterocycles. The first-order valence-corrected chi connectivity index (χ1v) is 15.3. The Morgan fingerprint density at radius 1 is 1.15 bits per heavy atom. The lowest BCUT2D eigenvalue weighted by atomic mass is 10.0. The average Bonchev–Trinajstić information content (AvgIpc) is 3.02. The number of aryl methyl sites for hydroxylation is 1. The zero-order valence-corrected chi connectivity index (χ0v) is 27.5. The van der Waals surface area contributed by atoms with Gasteiger partial charge in [-0.15, -0.1) is 0 Å². The monoisotopic (exact) mass is 684 g/mol. The van der Waals surface area contributed by atoms with Gasteiger partial charge in [-0.25, -0.2) is 18.2 Å². The molecule has 5 rings (SSSR count). The Morgan fingerprint density at radius 2 is 1.79 bits per heavy atom. The smallest absolute Gasteiger partial charge is 0.276 e. The highest BCUT2D eigenvalue weighted by molar-refractivity contribution is 6.34. The van der Waals surface area contributed by atoms with E-state index < -0.39 is 45.0 Å². The van der Waals surface area contributed by atoms with Gasteiger partial charge < -0.3 is 14.9 Å². The fourth-order valence-corrected chi connectivity index (χ4v) is 6.66. The minimum absolute atomic E-state index is 0.152. The van der Waals surface area contributed by atoms with E-state index in [9.17, 15) is 28.7 Å². The molecule has 0 bridgehead atoms. The minimum Gasteiger partial charge on any atom is -0.504 e. The third kappa shape index (κ3) is 5.37. The van der Waals surface area contributed by atoms with Crippen molar-refractivity contribution in [1.29, 1.82) is 5.26 Å². The number of phenols is 1. The molecule has 0 spiro atoms. The molecule has 1 saturated heterocycles. The number of fused-ring (bicyclic) bond motifs is 1. The number of phenolic OH excluding ortho intramolecular Hbond substituents is 1. The summed E-state index contributed by atoms with van der Waals surface area (Å²) in [6, 6.07) is 4.23. The number of pyridine rings is 3. The molecular weight excluding hydrogens is 656 g/mol. The maximum absolute atomic E-state index is 15.4. The normalized spacial score (nSPS) is 16.6. The molecule has 4 heterocycles. The summed E-state index contributed by atoms with van der Waals surface area (Å²) >= 11 is 12.2. The number of nitriles is 1. The molecule has 1 aliphatic heterocycles. The number of carbonyl (C=O) groups excluding carboxylic acids is 1. The molecule has 1 aliphatic rings. The second kappa shape index (κ2) is 12.5. The van der Waals surface area contributed by atoms with Crippen molar-refractivity contribution in [3.63, 3.8) is 0 Å². The molecular formula is C33H29Cl2F3N6O3. The first-order chi connectivity index (χ1) is 22.2. The first-order valence-electron chi connectivity index (χ1n) is 14.6. The fraction of sp³-hybridized carbons (Fsp3) is 0.303. The molecule has 1 N–H and O–H groups in total. The van der Waals surface area contributed by atoms with Gasteiger partial charge in [0.2, 0.25) is 5.91 Å². The summed E-state index contributed by atoms with van der Waals surface area (Å²) < 4.78 is 46.0. The predicted molar refractivity (Wildman–Crippen MR) is 174 cm³/mol. The lowest BCUT2D eigenvalue weighted by Crippen LogP contribution is -2.58. The van der Waals surface area contributed by atoms with Crippen LogP contribution in [-0.2, 0) is 4.79 Å². The van der Waals surface area contributed by atoms with E-state index >= 15 is 4.39 Å². The van der Waals surface area contributed by atoms with Crippen LogP contribution in [0.15, 0.2) is 35.8 Å². The maximum atomic E-state index is 15.4. The number of piperazine rings is 1. The van der Waals surface area contributed by atoms with E-state index in [0.29, 0.717) is 16.9 Å². The first kappa shape index (κ1) is 33.8. The van der Waals surface area contributed by atoms with Crippen LogP contribution in [0.1, 0.15) is 50.4 Å². The summed E-state index contributed by atoms with van der Waals surface area (Å²) in [6.07, 6.45) is 2.78. The number of nitrogens with zero attached hydrogens (tertiary/aromatic N) is 6. The highest BCUT2D eigenvalue weighted by atomic mass is 35.5. The Hall–Kier alpha value is -4.60. The lowest BCUT2D eigenvalue weighted by molar-refractivity contribution is -0.130. The number of halogens is 5. The van der Waals surface area contributed by atoms with Crippen molar-refractivity contribution in [2.24, 2.45) is 0 Å². The molecule has 0 saturated carbocycles. The second-order valence-corrected chi connectivity index (χ2v) is 12.5. The van der Waals surface area contributed by atoms with Crippen molar-refractivity contribution >= 4 is 45.8 Å². The van der Waals surface area contributed by atoms with Crippen LogP contribution in [0.3, 0.4) is 0 Å². The van der Waals surface area contributed by atoms with Crippen molar-refractivity contribution in [3.8, 4) is 28.8 Å². The van der Waals surface area contributed by atoms with Crippen LogP contribution in [0.4, 0.5) is 18.9 Å². The molecule has 14 heteroatoms. The number of amides is 1. The van der Waals surface area contributed by atoms with Gasteiger partial charge in [-0.3, -0.25) is 19.1 Å². The van der Waals surface area contributed by atoms with E-state index in [1.807, 2.05) is 33.8 Å². The molecule has 4 aromatic rings. The molecule has 2 atom stereocenters. The van der Waals surface area contributed by atoms with Gasteiger partial charge in [0, 0.05) is 36.8 Å². The summed E-state index contributed by atoms with van der Waals surface area (Å²) in [6.45, 7) is 13.0. The summed E-state index contributed by atoms with van der Waals surface area (Å²) in [5.74, 6) is -6.95. The lowest BCUT2D eigenvalue weighted by Gasteiger charge is -2.45. The van der Waals surface area contributed by atoms with E-state index in [4.69, 9.17) is 23.2 Å². The Kier molecular flexibility index (Phi) is 9.01. The quantitative estimate of drug-likeness (QED) is 0.140. The van der Waals surface area contributed by atoms with Crippen LogP contribution in [-0.4, -0.2) is 55.6 Å². The molecule has 47 heavy (non-hydrogen) atoms. The number of aromatic nitrogens is 3. The Labute approximate surface area is 278 Å². The summed E-state index contributed by atoms with van der Waals surface area (Å²) in [5, 5.41) is 19.6. The highest BCUT2D eigenvalue weighted by Gasteiger charge is 2.36. The number of aromatic hydroxyl groups is 1. The molecule has 1 amide bonds. The van der Waals surface area contributed by atoms with E-state index in [1.165, 1.54) is 12.1 Å². The van der Waals surface area contributed by atoms with Gasteiger partial charge in [0.05, 0.1) is 33.3 Å². The number of hydrogen-bond acceptors (Lipinski definition) is 7. The van der Waals surface area contributed by atoms with Crippen LogP contribution < -0.4 is 10.5 Å². The second-order valence-electron chi connectivity index (χ2n) is 11.7. The van der Waals surface area contributed by atoms with Gasteiger partial charge in [-0.1, -0.05) is 43.6 Å². The Balaban J connectivity index is 1.95. The van der Waals surface area contributed by atoms with Gasteiger partial charge in [0.1, 0.15) is 22.3 Å². The molecule has 244 valence electrons. The third-order valence-electron chi connectivity index (χ3n) is 8.26. The van der Waals surface area contributed by atoms with E-state index in [-0.39, 0.29) is 64.3 Å². The van der Waals surface area contributed by atoms with Crippen LogP contribution in [0.25, 0.3) is 28.0 Å². The van der Waals surface area contributed by atoms with Crippen molar-refractivity contribution in [2.45, 2.75) is 52.6 Å². The summed E-state index contributed by atoms with van der Waals surface area (Å²) in [5.41, 5.74) is -1.30. The van der Waals surface area contributed by atoms with Crippen molar-refractivity contribution < 1.29 is 23.1 Å². The van der Waals surface area contributed by atoms with Gasteiger partial charge in [0.15, 0.2) is 23.2 Å². The summed E-state index contributed by atoms with van der Waals surface area (Å²) in [7, 11) is 0. The standard InChI is InChI=1S/C33H29Cl2F3N6O3/c1-7-21(45)43-16(5)12-42(13-17(43)6)30-18-10-20(34)28(22-24(36)25(37)23(35)26(38)31(22)46)41-32(18)44(33(47)19(30)11-39)29-15(4)8-9-40-27(29)14(2)3/h7-10,14,16-17,46H,1,12-13H2,2-6H3/t16-,17+. The molecule has 1 aromatic carbocycles. The Bertz CT molecular complexity index is 2050. The molecule has 0 radical (unpaired) electrons. The predicted octanol–water partition coefficient (Wildman–Crippen LogP) is 6.79. The van der Waals surface area contributed by atoms with E-state index in [1.54, 1.807) is 29.0 Å². The van der Waals surface area contributed by atoms with Crippen molar-refractivity contribution in [2.75, 3.05) is 18.0 Å². The van der Waals surface area contributed by atoms with Crippen molar-refractivity contribution in [1.82, 2.24) is 19.4 Å². The largest absolute Gasteiger partial charge is 0.504 e. The topological polar surface area (TPSA) is 115 Å².